The number of esters is 1. The first-order valence-electron chi connectivity index (χ1n) is 10.5. The maximum atomic E-state index is 11.6. The fraction of sp³-hybridized carbons (Fsp3) is 0.652. The summed E-state index contributed by atoms with van der Waals surface area (Å²) < 4.78 is 5.19. The van der Waals surface area contributed by atoms with Crippen molar-refractivity contribution in [2.24, 2.45) is 33.7 Å². The van der Waals surface area contributed by atoms with Gasteiger partial charge in [0.15, 0.2) is 0 Å². The van der Waals surface area contributed by atoms with Gasteiger partial charge in [0, 0.05) is 17.1 Å². The highest BCUT2D eigenvalue weighted by Gasteiger charge is 2.56. The van der Waals surface area contributed by atoms with Crippen molar-refractivity contribution in [1.29, 1.82) is 0 Å². The number of oxime groups is 1. The van der Waals surface area contributed by atoms with Gasteiger partial charge in [-0.05, 0) is 73.7 Å². The Morgan fingerprint density at radius 1 is 1.19 bits per heavy atom. The molecule has 0 aromatic heterocycles. The molecule has 3 fully saturated rings. The number of cyclic esters (lactones) is 1. The Balaban J connectivity index is 1.43. The van der Waals surface area contributed by atoms with Crippen molar-refractivity contribution >= 4 is 11.7 Å². The third-order valence-electron chi connectivity index (χ3n) is 8.69. The summed E-state index contributed by atoms with van der Waals surface area (Å²) in [5.74, 6) is 1.82. The topological polar surface area (TPSA) is 58.9 Å². The lowest BCUT2D eigenvalue weighted by Crippen LogP contribution is -2.51. The highest BCUT2D eigenvalue weighted by atomic mass is 16.5. The first kappa shape index (κ1) is 17.3. The Bertz CT molecular complexity index is 819. The molecule has 0 aromatic rings. The zero-order valence-corrected chi connectivity index (χ0v) is 16.3. The molecule has 0 radical (unpaired) electrons. The lowest BCUT2D eigenvalue weighted by Gasteiger charge is -2.58. The van der Waals surface area contributed by atoms with E-state index >= 15 is 0 Å². The van der Waals surface area contributed by atoms with Gasteiger partial charge in [0.2, 0.25) is 0 Å². The van der Waals surface area contributed by atoms with E-state index < -0.39 is 0 Å². The normalized spacial score (nSPS) is 44.7. The summed E-state index contributed by atoms with van der Waals surface area (Å²) in [4.78, 5) is 11.6. The van der Waals surface area contributed by atoms with Crippen LogP contribution in [0, 0.1) is 28.6 Å². The Hall–Kier alpha value is -1.84. The van der Waals surface area contributed by atoms with Gasteiger partial charge in [-0.15, -0.1) is 0 Å². The van der Waals surface area contributed by atoms with Gasteiger partial charge in [-0.25, -0.2) is 4.79 Å². The Labute approximate surface area is 161 Å². The summed E-state index contributed by atoms with van der Waals surface area (Å²) >= 11 is 0. The van der Waals surface area contributed by atoms with Crippen molar-refractivity contribution < 1.29 is 14.7 Å². The number of hydrogen-bond donors (Lipinski definition) is 1. The van der Waals surface area contributed by atoms with E-state index in [-0.39, 0.29) is 11.4 Å². The van der Waals surface area contributed by atoms with E-state index in [4.69, 9.17) is 4.74 Å². The molecule has 0 spiro atoms. The quantitative estimate of drug-likeness (QED) is 0.411. The van der Waals surface area contributed by atoms with Crippen LogP contribution in [0.4, 0.5) is 0 Å². The van der Waals surface area contributed by atoms with Crippen LogP contribution < -0.4 is 0 Å². The Kier molecular flexibility index (Phi) is 3.73. The second-order valence-corrected chi connectivity index (χ2v) is 9.71. The van der Waals surface area contributed by atoms with E-state index in [0.717, 1.165) is 42.9 Å². The minimum Gasteiger partial charge on any atom is -0.458 e. The third-order valence-corrected chi connectivity index (χ3v) is 8.69. The summed E-state index contributed by atoms with van der Waals surface area (Å²) in [5.41, 5.74) is 5.40. The van der Waals surface area contributed by atoms with Crippen LogP contribution in [-0.2, 0) is 9.53 Å². The van der Waals surface area contributed by atoms with Gasteiger partial charge in [0.1, 0.15) is 6.61 Å². The number of allylic oxidation sites excluding steroid dienone is 3. The highest BCUT2D eigenvalue weighted by molar-refractivity contribution is 5.87. The molecule has 144 valence electrons. The molecular formula is C23H29NO3. The van der Waals surface area contributed by atoms with Gasteiger partial charge < -0.3 is 9.94 Å². The molecule has 1 heterocycles. The van der Waals surface area contributed by atoms with Crippen LogP contribution in [0.2, 0.25) is 0 Å². The van der Waals surface area contributed by atoms with Gasteiger partial charge >= 0.3 is 5.97 Å². The predicted octanol–water partition coefficient (Wildman–Crippen LogP) is 4.80. The number of fused-ring (bicyclic) bond motifs is 5. The molecule has 0 amide bonds. The minimum absolute atomic E-state index is 0.0660. The summed E-state index contributed by atoms with van der Waals surface area (Å²) in [6.45, 7) is 5.31. The molecule has 5 rings (SSSR count). The molecule has 1 N–H and O–H groups in total. The molecule has 0 unspecified atom stereocenters. The van der Waals surface area contributed by atoms with Crippen molar-refractivity contribution in [2.75, 3.05) is 6.61 Å². The van der Waals surface area contributed by atoms with Gasteiger partial charge in [-0.2, -0.15) is 0 Å². The highest BCUT2D eigenvalue weighted by Crippen LogP contribution is 2.65. The van der Waals surface area contributed by atoms with Crippen molar-refractivity contribution in [3.63, 3.8) is 0 Å². The molecule has 4 aliphatic carbocycles. The van der Waals surface area contributed by atoms with Crippen LogP contribution in [0.3, 0.4) is 0 Å². The van der Waals surface area contributed by atoms with Gasteiger partial charge in [0.25, 0.3) is 0 Å². The largest absolute Gasteiger partial charge is 0.458 e. The number of nitrogens with zero attached hydrogens (tertiary/aromatic N) is 1. The molecule has 4 nitrogen and oxygen atoms in total. The molecule has 0 bridgehead atoms. The summed E-state index contributed by atoms with van der Waals surface area (Å²) in [6.07, 6.45) is 14.2. The monoisotopic (exact) mass is 367 g/mol. The van der Waals surface area contributed by atoms with E-state index in [1.54, 1.807) is 11.6 Å². The van der Waals surface area contributed by atoms with Crippen molar-refractivity contribution in [1.82, 2.24) is 0 Å². The predicted molar refractivity (Wildman–Crippen MR) is 103 cm³/mol. The molecule has 3 saturated carbocycles. The van der Waals surface area contributed by atoms with Gasteiger partial charge in [0.05, 0.1) is 5.71 Å². The van der Waals surface area contributed by atoms with Crippen LogP contribution in [0.25, 0.3) is 0 Å². The standard InChI is InChI=1S/C23H29NO3/c1-22-9-7-16(24-26)12-15(22)3-4-17-19-6-5-18(14-11-21(25)27-13-14)23(19,2)10-8-20(17)22/h5-6,11,15,17,20,26H,3-4,7-10,12-13H2,1-2H3/b24-16+/t15-,17+,20+,22+,23-/m1/s1. The number of hydrogen-bond acceptors (Lipinski definition) is 4. The van der Waals surface area contributed by atoms with E-state index in [9.17, 15) is 10.0 Å². The van der Waals surface area contributed by atoms with E-state index in [1.165, 1.54) is 24.8 Å². The maximum absolute atomic E-state index is 11.6. The molecule has 1 aliphatic heterocycles. The molecule has 0 aromatic carbocycles. The Morgan fingerprint density at radius 2 is 2.04 bits per heavy atom. The lowest BCUT2D eigenvalue weighted by atomic mass is 9.46. The van der Waals surface area contributed by atoms with Crippen LogP contribution in [0.1, 0.15) is 58.8 Å². The fourth-order valence-corrected chi connectivity index (χ4v) is 7.14. The van der Waals surface area contributed by atoms with Gasteiger partial charge in [-0.1, -0.05) is 36.7 Å². The van der Waals surface area contributed by atoms with Crippen molar-refractivity contribution in [3.05, 3.63) is 34.9 Å². The summed E-state index contributed by atoms with van der Waals surface area (Å²) in [6, 6.07) is 0. The first-order chi connectivity index (χ1) is 13.0. The molecule has 5 aliphatic rings. The first-order valence-corrected chi connectivity index (χ1v) is 10.5. The van der Waals surface area contributed by atoms with Crippen molar-refractivity contribution in [3.8, 4) is 0 Å². The molecule has 5 atom stereocenters. The average molecular weight is 367 g/mol. The lowest BCUT2D eigenvalue weighted by molar-refractivity contribution is -0.134. The van der Waals surface area contributed by atoms with Crippen molar-refractivity contribution in [2.45, 2.75) is 58.8 Å². The van der Waals surface area contributed by atoms with Gasteiger partial charge in [-0.3, -0.25) is 0 Å². The smallest absolute Gasteiger partial charge is 0.331 e. The fourth-order valence-electron chi connectivity index (χ4n) is 7.14. The van der Waals surface area contributed by atoms with Crippen LogP contribution in [-0.4, -0.2) is 23.5 Å². The maximum Gasteiger partial charge on any atom is 0.331 e. The average Bonchev–Trinajstić information content (AvgIpc) is 3.23. The van der Waals surface area contributed by atoms with E-state index in [1.807, 2.05) is 0 Å². The third kappa shape index (κ3) is 2.34. The van der Waals surface area contributed by atoms with Crippen LogP contribution in [0.5, 0.6) is 0 Å². The molecule has 4 heteroatoms. The second-order valence-electron chi connectivity index (χ2n) is 9.71. The molecular weight excluding hydrogens is 338 g/mol. The SMILES string of the molecule is C[C@]12CC[C@H]3[C@@H](CC[C@@H]4C/C(=N/O)CC[C@@]43C)C1=CC=C2C1=CC(=O)OC1. The van der Waals surface area contributed by atoms with E-state index in [2.05, 4.69) is 31.2 Å². The number of carbonyl (C=O) groups excluding carboxylic acids is 1. The van der Waals surface area contributed by atoms with Crippen LogP contribution in [0.15, 0.2) is 40.1 Å². The second kappa shape index (κ2) is 5.83. The summed E-state index contributed by atoms with van der Waals surface area (Å²) in [5, 5.41) is 12.8. The zero-order valence-electron chi connectivity index (χ0n) is 16.3. The minimum atomic E-state index is -0.201. The number of rotatable bonds is 1. The Morgan fingerprint density at radius 3 is 2.78 bits per heavy atom. The van der Waals surface area contributed by atoms with E-state index in [0.29, 0.717) is 23.9 Å². The summed E-state index contributed by atoms with van der Waals surface area (Å²) in [7, 11) is 0. The number of carbonyl (C=O) groups is 1. The zero-order chi connectivity index (χ0) is 18.8. The number of ether oxygens (including phenoxy) is 1. The molecule has 0 saturated heterocycles. The van der Waals surface area contributed by atoms with Crippen LogP contribution >= 0.6 is 0 Å². The molecule has 27 heavy (non-hydrogen) atoms.